The molecule has 31 heavy (non-hydrogen) atoms. The third-order valence-electron chi connectivity index (χ3n) is 6.23. The summed E-state index contributed by atoms with van der Waals surface area (Å²) in [4.78, 5) is 27.4. The quantitative estimate of drug-likeness (QED) is 0.503. The van der Waals surface area contributed by atoms with Crippen LogP contribution in [0, 0.1) is 0 Å². The van der Waals surface area contributed by atoms with Crippen LogP contribution in [0.15, 0.2) is 29.1 Å². The zero-order valence-corrected chi connectivity index (χ0v) is 17.0. The molecule has 3 aliphatic rings. The Morgan fingerprint density at radius 2 is 1.61 bits per heavy atom. The van der Waals surface area contributed by atoms with Gasteiger partial charge in [0.25, 0.3) is 5.56 Å². The first-order valence-corrected chi connectivity index (χ1v) is 10.0. The Morgan fingerprint density at radius 1 is 0.935 bits per heavy atom. The number of rotatable bonds is 3. The van der Waals surface area contributed by atoms with E-state index in [1.54, 1.807) is 28.8 Å². The fraction of sp³-hybridized carbons (Fsp3) is 0.304. The number of aromatic nitrogens is 1. The second-order valence-corrected chi connectivity index (χ2v) is 7.75. The van der Waals surface area contributed by atoms with Gasteiger partial charge in [-0.2, -0.15) is 0 Å². The minimum Gasteiger partial charge on any atom is -0.493 e. The third kappa shape index (κ3) is 2.39. The summed E-state index contributed by atoms with van der Waals surface area (Å²) < 4.78 is 29.2. The molecule has 0 N–H and O–H groups in total. The van der Waals surface area contributed by atoms with Gasteiger partial charge in [-0.25, -0.2) is 0 Å². The Kier molecular flexibility index (Phi) is 3.82. The average molecular weight is 421 g/mol. The predicted octanol–water partition coefficient (Wildman–Crippen LogP) is 2.92. The number of carbonyl (C=O) groups is 1. The van der Waals surface area contributed by atoms with E-state index in [4.69, 9.17) is 23.7 Å². The van der Waals surface area contributed by atoms with Crippen molar-refractivity contribution in [2.75, 3.05) is 34.2 Å². The maximum Gasteiger partial charge on any atom is 0.259 e. The second kappa shape index (κ2) is 6.49. The molecule has 1 atom stereocenters. The van der Waals surface area contributed by atoms with E-state index >= 15 is 0 Å². The second-order valence-electron chi connectivity index (χ2n) is 7.75. The van der Waals surface area contributed by atoms with E-state index < -0.39 is 0 Å². The molecule has 8 heteroatoms. The van der Waals surface area contributed by atoms with Crippen LogP contribution < -0.4 is 24.5 Å². The van der Waals surface area contributed by atoms with Crippen molar-refractivity contribution in [3.8, 4) is 34.3 Å². The zero-order chi connectivity index (χ0) is 21.3. The van der Waals surface area contributed by atoms with Crippen LogP contribution in [0.4, 0.5) is 0 Å². The van der Waals surface area contributed by atoms with Crippen molar-refractivity contribution in [1.82, 2.24) is 4.57 Å². The Balaban J connectivity index is 1.75. The van der Waals surface area contributed by atoms with Gasteiger partial charge < -0.3 is 28.3 Å². The fourth-order valence-electron chi connectivity index (χ4n) is 4.77. The molecular formula is C23H19NO7. The van der Waals surface area contributed by atoms with Crippen molar-refractivity contribution in [1.29, 1.82) is 0 Å². The van der Waals surface area contributed by atoms with Crippen LogP contribution in [0.2, 0.25) is 0 Å². The number of fused-ring (bicyclic) bond motifs is 6. The molecule has 3 heterocycles. The molecule has 1 aliphatic carbocycles. The third-order valence-corrected chi connectivity index (χ3v) is 6.23. The first-order valence-electron chi connectivity index (χ1n) is 10.0. The molecule has 0 saturated carbocycles. The van der Waals surface area contributed by atoms with Crippen LogP contribution in [0.1, 0.15) is 28.4 Å². The summed E-state index contributed by atoms with van der Waals surface area (Å²) in [5.41, 5.74) is 2.04. The first kappa shape index (κ1) is 18.3. The zero-order valence-electron chi connectivity index (χ0n) is 17.0. The Morgan fingerprint density at radius 3 is 2.26 bits per heavy atom. The maximum absolute atomic E-state index is 13.7. The number of ether oxygens (including phenoxy) is 5. The lowest BCUT2D eigenvalue weighted by atomic mass is 10.0. The van der Waals surface area contributed by atoms with Gasteiger partial charge in [0, 0.05) is 23.1 Å². The van der Waals surface area contributed by atoms with Gasteiger partial charge >= 0.3 is 0 Å². The Hall–Kier alpha value is -3.52. The summed E-state index contributed by atoms with van der Waals surface area (Å²) in [6, 6.07) is 6.68. The minimum atomic E-state index is -0.191. The first-order chi connectivity index (χ1) is 15.1. The van der Waals surface area contributed by atoms with E-state index in [2.05, 4.69) is 0 Å². The van der Waals surface area contributed by atoms with E-state index in [1.165, 1.54) is 14.2 Å². The van der Waals surface area contributed by atoms with Crippen molar-refractivity contribution < 1.29 is 28.5 Å². The van der Waals surface area contributed by atoms with Crippen LogP contribution in [-0.2, 0) is 4.74 Å². The molecule has 0 unspecified atom stereocenters. The van der Waals surface area contributed by atoms with Crippen molar-refractivity contribution in [3.63, 3.8) is 0 Å². The van der Waals surface area contributed by atoms with Crippen molar-refractivity contribution in [2.45, 2.75) is 12.5 Å². The lowest BCUT2D eigenvalue weighted by Crippen LogP contribution is -2.28. The summed E-state index contributed by atoms with van der Waals surface area (Å²) in [6.45, 7) is 1.09. The van der Waals surface area contributed by atoms with E-state index in [0.29, 0.717) is 75.8 Å². The molecular weight excluding hydrogens is 402 g/mol. The number of hydrogen-bond donors (Lipinski definition) is 0. The highest BCUT2D eigenvalue weighted by atomic mass is 16.7. The van der Waals surface area contributed by atoms with Crippen molar-refractivity contribution in [3.05, 3.63) is 45.7 Å². The number of pyridine rings is 1. The van der Waals surface area contributed by atoms with Gasteiger partial charge in [0.2, 0.25) is 6.79 Å². The van der Waals surface area contributed by atoms with Gasteiger partial charge in [0.15, 0.2) is 28.8 Å². The smallest absolute Gasteiger partial charge is 0.259 e. The molecule has 1 fully saturated rings. The molecule has 0 amide bonds. The molecule has 6 rings (SSSR count). The molecule has 0 spiro atoms. The lowest BCUT2D eigenvalue weighted by Gasteiger charge is -2.20. The summed E-state index contributed by atoms with van der Waals surface area (Å²) in [7, 11) is 3.04. The molecule has 2 aromatic carbocycles. The van der Waals surface area contributed by atoms with Gasteiger partial charge in [-0.3, -0.25) is 9.59 Å². The average Bonchev–Trinajstić information content (AvgIpc) is 3.52. The molecule has 0 bridgehead atoms. The van der Waals surface area contributed by atoms with Gasteiger partial charge in [-0.05, 0) is 30.7 Å². The van der Waals surface area contributed by atoms with Gasteiger partial charge in [-0.1, -0.05) is 0 Å². The molecule has 158 valence electrons. The van der Waals surface area contributed by atoms with Crippen molar-refractivity contribution in [2.24, 2.45) is 0 Å². The highest BCUT2D eigenvalue weighted by molar-refractivity contribution is 6.27. The summed E-state index contributed by atoms with van der Waals surface area (Å²) >= 11 is 0. The standard InChI is InChI=1S/C23H19NO7/c1-27-16-5-12-15(8-17(16)28-2)23(26)24(11-3-4-29-9-11)21-13-6-18-19(31-10-30-18)7-14(13)22(25)20(12)21/h5-8,11H,3-4,9-10H2,1-2H3/t11-/m1/s1. The van der Waals surface area contributed by atoms with Crippen LogP contribution in [0.5, 0.6) is 23.0 Å². The molecule has 2 aliphatic heterocycles. The van der Waals surface area contributed by atoms with Crippen molar-refractivity contribution >= 4 is 16.6 Å². The van der Waals surface area contributed by atoms with Crippen LogP contribution >= 0.6 is 0 Å². The highest BCUT2D eigenvalue weighted by Crippen LogP contribution is 2.47. The minimum absolute atomic E-state index is 0.108. The van der Waals surface area contributed by atoms with Crippen LogP contribution in [0.25, 0.3) is 22.0 Å². The maximum atomic E-state index is 13.7. The molecule has 0 radical (unpaired) electrons. The molecule has 1 saturated heterocycles. The molecule has 1 aromatic heterocycles. The lowest BCUT2D eigenvalue weighted by molar-refractivity contribution is 0.104. The summed E-state index contributed by atoms with van der Waals surface area (Å²) in [5.74, 6) is 1.82. The number of nitrogens with zero attached hydrogens (tertiary/aromatic N) is 1. The normalized spacial score (nSPS) is 18.4. The number of benzene rings is 2. The van der Waals surface area contributed by atoms with Crippen LogP contribution in [0.3, 0.4) is 0 Å². The van der Waals surface area contributed by atoms with Gasteiger partial charge in [-0.15, -0.1) is 0 Å². The topological polar surface area (TPSA) is 85.2 Å². The van der Waals surface area contributed by atoms with E-state index in [1.807, 2.05) is 0 Å². The number of carbonyl (C=O) groups excluding carboxylic acids is 1. The number of ketones is 1. The largest absolute Gasteiger partial charge is 0.493 e. The SMILES string of the molecule is COc1cc2c3c(n([C@@H]4CCOC4)c(=O)c2cc1OC)-c1cc2c(cc1C3=O)OCO2. The van der Waals surface area contributed by atoms with E-state index in [-0.39, 0.29) is 24.2 Å². The molecule has 8 nitrogen and oxygen atoms in total. The predicted molar refractivity (Wildman–Crippen MR) is 111 cm³/mol. The van der Waals surface area contributed by atoms with Crippen LogP contribution in [-0.4, -0.2) is 44.6 Å². The van der Waals surface area contributed by atoms with E-state index in [0.717, 1.165) is 0 Å². The number of hydrogen-bond acceptors (Lipinski definition) is 7. The van der Waals surface area contributed by atoms with Gasteiger partial charge in [0.05, 0.1) is 43.5 Å². The molecule has 3 aromatic rings. The Labute approximate surface area is 176 Å². The summed E-state index contributed by atoms with van der Waals surface area (Å²) in [5, 5.41) is 0.945. The Bertz CT molecular complexity index is 1330. The monoisotopic (exact) mass is 421 g/mol. The number of methoxy groups -OCH3 is 2. The van der Waals surface area contributed by atoms with E-state index in [9.17, 15) is 9.59 Å². The highest BCUT2D eigenvalue weighted by Gasteiger charge is 2.37. The van der Waals surface area contributed by atoms with Gasteiger partial charge in [0.1, 0.15) is 0 Å². The summed E-state index contributed by atoms with van der Waals surface area (Å²) in [6.07, 6.45) is 0.694. The fourth-order valence-corrected chi connectivity index (χ4v) is 4.77.